The van der Waals surface area contributed by atoms with Gasteiger partial charge in [0.15, 0.2) is 0 Å². The molecule has 156 valence electrons. The van der Waals surface area contributed by atoms with Crippen LogP contribution in [0.3, 0.4) is 0 Å². The summed E-state index contributed by atoms with van der Waals surface area (Å²) in [5.41, 5.74) is 14.6. The number of hydrogen-bond donors (Lipinski definition) is 4. The molecule has 0 saturated carbocycles. The maximum absolute atomic E-state index is 10.5. The van der Waals surface area contributed by atoms with Crippen LogP contribution in [0.25, 0.3) is 21.8 Å². The average molecular weight is 447 g/mol. The normalized spacial score (nSPS) is 12.5. The van der Waals surface area contributed by atoms with E-state index in [4.69, 9.17) is 11.5 Å². The molecule has 0 radical (unpaired) electrons. The number of para-hydroxylation sites is 2. The fourth-order valence-electron chi connectivity index (χ4n) is 3.24. The van der Waals surface area contributed by atoms with Crippen LogP contribution in [0.5, 0.6) is 0 Å². The van der Waals surface area contributed by atoms with Crippen molar-refractivity contribution in [2.24, 2.45) is 11.5 Å². The number of hydrogen-bond acceptors (Lipinski definition) is 6. The molecule has 0 aliphatic rings. The number of aliphatic carboxylic acids is 2. The first-order chi connectivity index (χ1) is 14.4. The van der Waals surface area contributed by atoms with Crippen LogP contribution >= 0.6 is 0 Å². The van der Waals surface area contributed by atoms with Crippen molar-refractivity contribution in [2.45, 2.75) is 24.9 Å². The third kappa shape index (κ3) is 6.32. The van der Waals surface area contributed by atoms with Crippen molar-refractivity contribution in [1.29, 1.82) is 0 Å². The molecule has 2 aromatic heterocycles. The molecule has 2 aromatic carbocycles. The van der Waals surface area contributed by atoms with Gasteiger partial charge in [0.1, 0.15) is 0 Å². The van der Waals surface area contributed by atoms with Gasteiger partial charge in [0.05, 0.1) is 11.9 Å². The van der Waals surface area contributed by atoms with E-state index in [2.05, 4.69) is 9.97 Å². The number of rotatable bonds is 6. The van der Waals surface area contributed by atoms with Gasteiger partial charge < -0.3 is 41.2 Å². The van der Waals surface area contributed by atoms with Crippen molar-refractivity contribution < 1.29 is 19.8 Å². The molecule has 0 amide bonds. The van der Waals surface area contributed by atoms with Crippen molar-refractivity contribution in [2.75, 3.05) is 0 Å². The van der Waals surface area contributed by atoms with Crippen molar-refractivity contribution in [3.05, 3.63) is 72.1 Å². The molecule has 31 heavy (non-hydrogen) atoms. The molecule has 0 aliphatic carbocycles. The summed E-state index contributed by atoms with van der Waals surface area (Å²) < 4.78 is 0. The predicted molar refractivity (Wildman–Crippen MR) is 116 cm³/mol. The molecule has 0 bridgehead atoms. The predicted octanol–water partition coefficient (Wildman–Crippen LogP) is -0.806. The summed E-state index contributed by atoms with van der Waals surface area (Å²) in [4.78, 5) is 27.2. The standard InChI is InChI=1S/2C11H12N2O2.Ca/c2*12-9(11(14)15)5-7-6-13-10-4-2-1-3-8(7)10;/h2*1-4,6,9,13H,5,12H2,(H,14,15);/q;;+2/p-2/t2*9-;/m00./s1. The number of nitrogens with one attached hydrogen (secondary N) is 2. The third-order valence-corrected chi connectivity index (χ3v) is 4.83. The molecule has 6 N–H and O–H groups in total. The van der Waals surface area contributed by atoms with Gasteiger partial charge in [-0.2, -0.15) is 0 Å². The minimum Gasteiger partial charge on any atom is -0.548 e. The Kier molecular flexibility index (Phi) is 9.09. The summed E-state index contributed by atoms with van der Waals surface area (Å²) in [5, 5.41) is 23.0. The molecular formula is C22H22CaN4O4. The number of aromatic nitrogens is 2. The van der Waals surface area contributed by atoms with Gasteiger partial charge in [-0.3, -0.25) is 0 Å². The molecule has 8 nitrogen and oxygen atoms in total. The fraction of sp³-hybridized carbons (Fsp3) is 0.182. The van der Waals surface area contributed by atoms with E-state index in [-0.39, 0.29) is 50.6 Å². The molecule has 4 rings (SSSR count). The Labute approximate surface area is 208 Å². The van der Waals surface area contributed by atoms with E-state index in [9.17, 15) is 19.8 Å². The summed E-state index contributed by atoms with van der Waals surface area (Å²) >= 11 is 0. The molecule has 0 unspecified atom stereocenters. The zero-order chi connectivity index (χ0) is 21.7. The molecular weight excluding hydrogens is 424 g/mol. The second kappa shape index (κ2) is 11.3. The average Bonchev–Trinajstić information content (AvgIpc) is 3.33. The monoisotopic (exact) mass is 446 g/mol. The van der Waals surface area contributed by atoms with E-state index in [1.54, 1.807) is 12.4 Å². The zero-order valence-electron chi connectivity index (χ0n) is 16.8. The Morgan fingerprint density at radius 3 is 1.45 bits per heavy atom. The topological polar surface area (TPSA) is 164 Å². The SMILES string of the molecule is N[C@@H](Cc1c[nH]c2ccccc12)C(=O)[O-].N[C@@H](Cc1c[nH]c2ccccc12)C(=O)[O-].[Ca+2]. The van der Waals surface area contributed by atoms with Crippen LogP contribution in [0.4, 0.5) is 0 Å². The molecule has 0 spiro atoms. The number of fused-ring (bicyclic) bond motifs is 2. The van der Waals surface area contributed by atoms with Gasteiger partial charge in [0.2, 0.25) is 0 Å². The van der Waals surface area contributed by atoms with Crippen LogP contribution in [0.1, 0.15) is 11.1 Å². The van der Waals surface area contributed by atoms with E-state index in [1.165, 1.54) is 0 Å². The summed E-state index contributed by atoms with van der Waals surface area (Å²) in [6.45, 7) is 0. The molecule has 0 saturated heterocycles. The Morgan fingerprint density at radius 1 is 0.742 bits per heavy atom. The smallest absolute Gasteiger partial charge is 0.548 e. The molecule has 0 fully saturated rings. The summed E-state index contributed by atoms with van der Waals surface area (Å²) in [6, 6.07) is 13.5. The number of carboxylic acids is 2. The number of carbonyl (C=O) groups excluding carboxylic acids is 2. The number of nitrogens with two attached hydrogens (primary N) is 2. The van der Waals surface area contributed by atoms with Crippen molar-refractivity contribution in [3.8, 4) is 0 Å². The maximum atomic E-state index is 10.5. The zero-order valence-corrected chi connectivity index (χ0v) is 19.0. The van der Waals surface area contributed by atoms with Gasteiger partial charge >= 0.3 is 37.7 Å². The molecule has 4 aromatic rings. The second-order valence-corrected chi connectivity index (χ2v) is 6.98. The van der Waals surface area contributed by atoms with Crippen LogP contribution in [0, 0.1) is 0 Å². The van der Waals surface area contributed by atoms with Crippen molar-refractivity contribution in [3.63, 3.8) is 0 Å². The van der Waals surface area contributed by atoms with Gasteiger partial charge in [-0.1, -0.05) is 36.4 Å². The second-order valence-electron chi connectivity index (χ2n) is 6.98. The van der Waals surface area contributed by atoms with E-state index in [1.807, 2.05) is 48.5 Å². The Hall–Kier alpha value is -2.36. The Bertz CT molecular complexity index is 1080. The number of aromatic amines is 2. The quantitative estimate of drug-likeness (QED) is 0.283. The Morgan fingerprint density at radius 2 is 1.10 bits per heavy atom. The van der Waals surface area contributed by atoms with E-state index >= 15 is 0 Å². The van der Waals surface area contributed by atoms with Crippen LogP contribution in [0.15, 0.2) is 60.9 Å². The minimum atomic E-state index is -1.22. The van der Waals surface area contributed by atoms with E-state index in [0.29, 0.717) is 0 Å². The summed E-state index contributed by atoms with van der Waals surface area (Å²) in [7, 11) is 0. The first-order valence-corrected chi connectivity index (χ1v) is 9.39. The number of carbonyl (C=O) groups is 2. The van der Waals surface area contributed by atoms with Crippen molar-refractivity contribution in [1.82, 2.24) is 9.97 Å². The van der Waals surface area contributed by atoms with Crippen molar-refractivity contribution >= 4 is 71.5 Å². The fourth-order valence-corrected chi connectivity index (χ4v) is 3.24. The van der Waals surface area contributed by atoms with E-state index < -0.39 is 24.0 Å². The first kappa shape index (κ1) is 24.9. The van der Waals surface area contributed by atoms with Gasteiger partial charge in [-0.15, -0.1) is 0 Å². The van der Waals surface area contributed by atoms with Gasteiger partial charge in [-0.25, -0.2) is 0 Å². The molecule has 9 heteroatoms. The number of H-pyrrole nitrogens is 2. The largest absolute Gasteiger partial charge is 2.00 e. The molecule has 2 atom stereocenters. The minimum absolute atomic E-state index is 0. The summed E-state index contributed by atoms with van der Waals surface area (Å²) in [5.74, 6) is -2.44. The number of benzene rings is 2. The third-order valence-electron chi connectivity index (χ3n) is 4.83. The van der Waals surface area contributed by atoms with Gasteiger partial charge in [0, 0.05) is 46.3 Å². The summed E-state index contributed by atoms with van der Waals surface area (Å²) in [6.07, 6.45) is 4.14. The number of carboxylic acid groups (broad SMARTS) is 2. The van der Waals surface area contributed by atoms with Crippen LogP contribution in [0.2, 0.25) is 0 Å². The van der Waals surface area contributed by atoms with E-state index in [0.717, 1.165) is 32.9 Å². The van der Waals surface area contributed by atoms with Crippen LogP contribution < -0.4 is 21.7 Å². The molecule has 0 aliphatic heterocycles. The first-order valence-electron chi connectivity index (χ1n) is 9.39. The van der Waals surface area contributed by atoms with Gasteiger partial charge in [-0.05, 0) is 36.1 Å². The Balaban J connectivity index is 0.000000213. The maximum Gasteiger partial charge on any atom is 2.00 e. The van der Waals surface area contributed by atoms with Crippen LogP contribution in [-0.4, -0.2) is 71.7 Å². The molecule has 2 heterocycles. The van der Waals surface area contributed by atoms with Crippen LogP contribution in [-0.2, 0) is 22.4 Å². The van der Waals surface area contributed by atoms with Gasteiger partial charge in [0.25, 0.3) is 0 Å².